The summed E-state index contributed by atoms with van der Waals surface area (Å²) in [5.74, 6) is 0. The van der Waals surface area contributed by atoms with Crippen LogP contribution in [-0.2, 0) is 0 Å². The van der Waals surface area contributed by atoms with Crippen LogP contribution in [0.2, 0.25) is 0 Å². The van der Waals surface area contributed by atoms with Crippen molar-refractivity contribution in [3.8, 4) is 0 Å². The van der Waals surface area contributed by atoms with Crippen molar-refractivity contribution in [2.75, 3.05) is 0 Å². The van der Waals surface area contributed by atoms with Crippen molar-refractivity contribution in [2.45, 2.75) is 0 Å². The summed E-state index contributed by atoms with van der Waals surface area (Å²) in [6, 6.07) is 0. The zero-order chi connectivity index (χ0) is 13.5. The summed E-state index contributed by atoms with van der Waals surface area (Å²) in [7, 11) is -14.1. The molecule has 0 bridgehead atoms. The van der Waals surface area contributed by atoms with E-state index >= 15 is 0 Å². The van der Waals surface area contributed by atoms with Crippen molar-refractivity contribution < 1.29 is 127 Å². The maximum absolute atomic E-state index is 8.60. The van der Waals surface area contributed by atoms with Crippen molar-refractivity contribution in [3.63, 3.8) is 0 Å². The van der Waals surface area contributed by atoms with E-state index in [9.17, 15) is 0 Å². The van der Waals surface area contributed by atoms with Crippen molar-refractivity contribution in [3.05, 3.63) is 0 Å². The molecular formula is H3Cl3O12Sm. The van der Waals surface area contributed by atoms with Gasteiger partial charge in [-0.2, -0.15) is 41.9 Å². The van der Waals surface area contributed by atoms with Crippen molar-refractivity contribution in [2.24, 2.45) is 0 Å². The topological polar surface area (TPSA) is 268 Å². The van der Waals surface area contributed by atoms with Gasteiger partial charge in [0.25, 0.3) is 0 Å². The first kappa shape index (κ1) is 26.3. The summed E-state index contributed by atoms with van der Waals surface area (Å²) in [6.45, 7) is 0. The molecule has 0 amide bonds. The molecule has 12 nitrogen and oxygen atoms in total. The van der Waals surface area contributed by atoms with Gasteiger partial charge in [0.2, 0.25) is 0 Å². The number of hydrogen-bond acceptors (Lipinski definition) is 12. The molecule has 0 fully saturated rings. The van der Waals surface area contributed by atoms with E-state index in [0.29, 0.717) is 0 Å². The fourth-order valence-electron chi connectivity index (χ4n) is 0. The molecular weight excluding hydrogens is 449 g/mol. The van der Waals surface area contributed by atoms with E-state index in [0.717, 1.165) is 0 Å². The van der Waals surface area contributed by atoms with Gasteiger partial charge in [0.15, 0.2) is 0 Å². The van der Waals surface area contributed by atoms with Crippen LogP contribution in [-0.4, -0.2) is 14.0 Å². The van der Waals surface area contributed by atoms with Gasteiger partial charge in [-0.25, -0.2) is 0 Å². The second-order valence-corrected chi connectivity index (χ2v) is 3.56. The number of rotatable bonds is 0. The van der Waals surface area contributed by atoms with Crippen LogP contribution in [0.4, 0.5) is 0 Å². The minimum atomic E-state index is -4.69. The molecule has 0 rings (SSSR count). The SMILES string of the molecule is [O-][Cl+3]([O-])([O-])O.[O-][Cl+3]([O-])([O-])O.[O-][Cl+3]([O-])([O-])O.[Sm]. The fraction of sp³-hybridized carbons (Fsp3) is 0. The smallest absolute Gasteiger partial charge is 0.0777 e. The Morgan fingerprint density at radius 2 is 0.438 bits per heavy atom. The standard InChI is InChI=1S/3ClHO4.Sm/c3*2-1(3,4)5;/h3*(H,2,3,4,5);. The molecule has 0 aliphatic carbocycles. The Labute approximate surface area is 126 Å². The van der Waals surface area contributed by atoms with Gasteiger partial charge < -0.3 is 0 Å². The first-order chi connectivity index (χ1) is 6.00. The van der Waals surface area contributed by atoms with E-state index < -0.39 is 30.7 Å². The molecule has 0 aromatic rings. The van der Waals surface area contributed by atoms with Gasteiger partial charge in [-0.3, -0.25) is 0 Å². The van der Waals surface area contributed by atoms with E-state index in [2.05, 4.69) is 0 Å². The molecule has 0 aliphatic rings. The van der Waals surface area contributed by atoms with Crippen LogP contribution >= 0.6 is 0 Å². The third-order valence-corrected chi connectivity index (χ3v) is 0. The summed E-state index contributed by atoms with van der Waals surface area (Å²) >= 11 is 0. The molecule has 0 atom stereocenters. The fourth-order valence-corrected chi connectivity index (χ4v) is 0. The average Bonchev–Trinajstić information content (AvgIpc) is 1.41. The van der Waals surface area contributed by atoms with Gasteiger partial charge in [0.1, 0.15) is 0 Å². The van der Waals surface area contributed by atoms with Gasteiger partial charge in [0.05, 0.1) is 44.7 Å². The second kappa shape index (κ2) is 10.6. The summed E-state index contributed by atoms with van der Waals surface area (Å²) < 4.78 is 98.2. The zero-order valence-corrected chi connectivity index (χ0v) is 11.4. The summed E-state index contributed by atoms with van der Waals surface area (Å²) in [5, 5.41) is 0. The minimum absolute atomic E-state index is 0. The van der Waals surface area contributed by atoms with Crippen LogP contribution in [0.25, 0.3) is 0 Å². The van der Waals surface area contributed by atoms with Gasteiger partial charge in [-0.15, -0.1) is 0 Å². The Morgan fingerprint density at radius 3 is 0.438 bits per heavy atom. The maximum atomic E-state index is 8.60. The second-order valence-electron chi connectivity index (χ2n) is 1.19. The zero-order valence-electron chi connectivity index (χ0n) is 6.56. The maximum Gasteiger partial charge on any atom is 0.0777 e. The quantitative estimate of drug-likeness (QED) is 0.309. The Bertz CT molecular complexity index is 91.3. The van der Waals surface area contributed by atoms with Crippen LogP contribution in [0.3, 0.4) is 0 Å². The van der Waals surface area contributed by atoms with Crippen molar-refractivity contribution >= 4 is 0 Å². The molecule has 16 heteroatoms. The Morgan fingerprint density at radius 1 is 0.438 bits per heavy atom. The van der Waals surface area contributed by atoms with E-state index in [1.807, 2.05) is 0 Å². The van der Waals surface area contributed by atoms with Gasteiger partial charge in [-0.1, -0.05) is 0 Å². The molecule has 0 spiro atoms. The molecule has 0 aromatic carbocycles. The third-order valence-electron chi connectivity index (χ3n) is 0. The molecule has 0 heterocycles. The Hall–Kier alpha value is 1.73. The van der Waals surface area contributed by atoms with E-state index in [4.69, 9.17) is 55.9 Å². The van der Waals surface area contributed by atoms with E-state index in [-0.39, 0.29) is 40.4 Å². The molecule has 102 valence electrons. The van der Waals surface area contributed by atoms with Crippen LogP contribution in [0.5, 0.6) is 0 Å². The number of hydrogen-bond donors (Lipinski definition) is 3. The molecule has 0 unspecified atom stereocenters. The Kier molecular flexibility index (Phi) is 17.5. The van der Waals surface area contributed by atoms with Crippen LogP contribution in [0.1, 0.15) is 0 Å². The molecule has 3 N–H and O–H groups in total. The Balaban J connectivity index is -0.0000000655. The van der Waals surface area contributed by atoms with Gasteiger partial charge >= 0.3 is 0 Å². The van der Waals surface area contributed by atoms with Crippen molar-refractivity contribution in [1.82, 2.24) is 0 Å². The van der Waals surface area contributed by atoms with Crippen molar-refractivity contribution in [1.29, 1.82) is 0 Å². The third kappa shape index (κ3) is 1140. The number of halogens is 3. The molecule has 0 radical (unpaired) electrons. The molecule has 0 saturated carbocycles. The first-order valence-electron chi connectivity index (χ1n) is 1.90. The average molecular weight is 452 g/mol. The molecule has 0 saturated heterocycles. The predicted octanol–water partition coefficient (Wildman–Crippen LogP) is -12.4. The summed E-state index contributed by atoms with van der Waals surface area (Å²) in [4.78, 5) is 0. The largest absolute Gasteiger partial charge is 0.183 e. The van der Waals surface area contributed by atoms with Gasteiger partial charge in [-0.05, 0) is 0 Å². The molecule has 0 aromatic heterocycles. The predicted molar refractivity (Wildman–Crippen MR) is 6.66 cm³/mol. The monoisotopic (exact) mass is 452 g/mol. The van der Waals surface area contributed by atoms with Crippen LogP contribution in [0.15, 0.2) is 0 Å². The summed E-state index contributed by atoms with van der Waals surface area (Å²) in [5.41, 5.74) is 0. The van der Waals surface area contributed by atoms with Gasteiger partial charge in [0, 0.05) is 40.4 Å². The van der Waals surface area contributed by atoms with E-state index in [1.165, 1.54) is 0 Å². The summed E-state index contributed by atoms with van der Waals surface area (Å²) in [6.07, 6.45) is 0. The molecule has 0 aliphatic heterocycles. The van der Waals surface area contributed by atoms with Crippen LogP contribution < -0.4 is 41.9 Å². The van der Waals surface area contributed by atoms with Crippen LogP contribution in [0, 0.1) is 71.1 Å². The molecule has 16 heavy (non-hydrogen) atoms. The first-order valence-corrected chi connectivity index (χ1v) is 5.69. The minimum Gasteiger partial charge on any atom is -0.183 e. The van der Waals surface area contributed by atoms with E-state index in [1.54, 1.807) is 0 Å². The normalized spacial score (nSPS) is 11.2.